The van der Waals surface area contributed by atoms with Gasteiger partial charge in [-0.25, -0.2) is 0 Å². The van der Waals surface area contributed by atoms with Gasteiger partial charge in [0.2, 0.25) is 0 Å². The van der Waals surface area contributed by atoms with Gasteiger partial charge in [0, 0.05) is 18.8 Å². The van der Waals surface area contributed by atoms with E-state index in [1.807, 2.05) is 12.1 Å². The molecule has 0 amide bonds. The van der Waals surface area contributed by atoms with E-state index in [0.717, 1.165) is 23.2 Å². The average Bonchev–Trinajstić information content (AvgIpc) is 3.35. The van der Waals surface area contributed by atoms with Gasteiger partial charge in [-0.05, 0) is 138 Å². The van der Waals surface area contributed by atoms with Crippen LogP contribution in [0.4, 0.5) is 5.69 Å². The van der Waals surface area contributed by atoms with Crippen molar-refractivity contribution >= 4 is 27.2 Å². The zero-order valence-corrected chi connectivity index (χ0v) is 36.3. The van der Waals surface area contributed by atoms with Crippen molar-refractivity contribution in [2.45, 2.75) is 32.5 Å². The summed E-state index contributed by atoms with van der Waals surface area (Å²) in [6.07, 6.45) is 0.991. The van der Waals surface area contributed by atoms with Gasteiger partial charge in [0.15, 0.2) is 0 Å². The standard InChI is InChI=1S/C37H33N3.C24H20/c38-24-26-7-5-11-31(21-26)32-12-6-8-27(22-32)25-40-37(35-13-3-4-14-36(35)39)30-18-15-29(16-19-30)34-20-17-28-9-1-2-10-33(28)23-34;1-18-6-2-3-8-22(18)16-19-10-12-21(13-11-19)24-15-14-20-7-4-5-9-23(20)17-24/h1-23,37,40H,24-25,38-39H2;2-15,17H,16H2,1H3. The van der Waals surface area contributed by atoms with Crippen LogP contribution in [0, 0.1) is 6.92 Å². The number of nitrogen functional groups attached to an aromatic ring is 1. The van der Waals surface area contributed by atoms with Gasteiger partial charge in [0.25, 0.3) is 0 Å². The Morgan fingerprint density at radius 3 is 1.52 bits per heavy atom. The van der Waals surface area contributed by atoms with Crippen molar-refractivity contribution in [2.24, 2.45) is 5.73 Å². The lowest BCUT2D eigenvalue weighted by atomic mass is 9.94. The monoisotopic (exact) mass is 827 g/mol. The van der Waals surface area contributed by atoms with Gasteiger partial charge in [-0.2, -0.15) is 0 Å². The van der Waals surface area contributed by atoms with E-state index in [0.29, 0.717) is 13.1 Å². The van der Waals surface area contributed by atoms with Crippen molar-refractivity contribution in [1.82, 2.24) is 5.32 Å². The van der Waals surface area contributed by atoms with E-state index in [2.05, 4.69) is 231 Å². The number of rotatable bonds is 11. The molecule has 64 heavy (non-hydrogen) atoms. The van der Waals surface area contributed by atoms with Crippen molar-refractivity contribution in [3.63, 3.8) is 0 Å². The molecule has 10 aromatic carbocycles. The van der Waals surface area contributed by atoms with Crippen LogP contribution in [-0.2, 0) is 19.5 Å². The molecule has 0 heterocycles. The Hall–Kier alpha value is -7.56. The van der Waals surface area contributed by atoms with Crippen LogP contribution in [0.1, 0.15) is 45.0 Å². The first-order valence-corrected chi connectivity index (χ1v) is 22.2. The highest BCUT2D eigenvalue weighted by Crippen LogP contribution is 2.32. The largest absolute Gasteiger partial charge is 0.398 e. The molecule has 0 spiro atoms. The summed E-state index contributed by atoms with van der Waals surface area (Å²) in [6, 6.07) is 81.9. The minimum atomic E-state index is -0.0453. The van der Waals surface area contributed by atoms with E-state index in [1.54, 1.807) is 0 Å². The second-order valence-corrected chi connectivity index (χ2v) is 16.6. The number of fused-ring (bicyclic) bond motifs is 2. The van der Waals surface area contributed by atoms with Gasteiger partial charge in [-0.15, -0.1) is 0 Å². The van der Waals surface area contributed by atoms with E-state index < -0.39 is 0 Å². The number of hydrogen-bond donors (Lipinski definition) is 3. The minimum absolute atomic E-state index is 0.0453. The Labute approximate surface area is 377 Å². The highest BCUT2D eigenvalue weighted by Gasteiger charge is 2.17. The molecule has 3 heteroatoms. The number of aryl methyl sites for hydroxylation is 1. The summed E-state index contributed by atoms with van der Waals surface area (Å²) < 4.78 is 0. The van der Waals surface area contributed by atoms with E-state index in [-0.39, 0.29) is 6.04 Å². The maximum Gasteiger partial charge on any atom is 0.0599 e. The Balaban J connectivity index is 0.000000184. The van der Waals surface area contributed by atoms with Gasteiger partial charge >= 0.3 is 0 Å². The highest BCUT2D eigenvalue weighted by atomic mass is 14.9. The third-order valence-corrected chi connectivity index (χ3v) is 12.3. The molecule has 0 bridgehead atoms. The third kappa shape index (κ3) is 9.88. The van der Waals surface area contributed by atoms with Crippen LogP contribution in [0.15, 0.2) is 231 Å². The molecule has 10 rings (SSSR count). The predicted molar refractivity (Wildman–Crippen MR) is 272 cm³/mol. The number of hydrogen-bond acceptors (Lipinski definition) is 3. The van der Waals surface area contributed by atoms with E-state index in [1.165, 1.54) is 82.7 Å². The number of anilines is 1. The quantitative estimate of drug-likeness (QED) is 0.114. The van der Waals surface area contributed by atoms with Gasteiger partial charge in [-0.1, -0.05) is 200 Å². The van der Waals surface area contributed by atoms with Gasteiger partial charge < -0.3 is 16.8 Å². The maximum atomic E-state index is 6.48. The van der Waals surface area contributed by atoms with Crippen LogP contribution >= 0.6 is 0 Å². The summed E-state index contributed by atoms with van der Waals surface area (Å²) in [5, 5.41) is 8.87. The van der Waals surface area contributed by atoms with Crippen molar-refractivity contribution < 1.29 is 0 Å². The van der Waals surface area contributed by atoms with Gasteiger partial charge in [-0.3, -0.25) is 0 Å². The van der Waals surface area contributed by atoms with Crippen molar-refractivity contribution in [3.8, 4) is 33.4 Å². The number of benzene rings is 10. The normalized spacial score (nSPS) is 11.5. The molecule has 3 nitrogen and oxygen atoms in total. The molecular formula is C61H53N3. The molecule has 0 fully saturated rings. The fraction of sp³-hybridized carbons (Fsp3) is 0.0820. The van der Waals surface area contributed by atoms with Crippen LogP contribution in [0.2, 0.25) is 0 Å². The van der Waals surface area contributed by atoms with E-state index in [9.17, 15) is 0 Å². The second-order valence-electron chi connectivity index (χ2n) is 16.6. The molecule has 0 saturated carbocycles. The molecule has 0 aliphatic rings. The minimum Gasteiger partial charge on any atom is -0.398 e. The molecule has 0 saturated heterocycles. The molecule has 5 N–H and O–H groups in total. The number of nitrogens with two attached hydrogens (primary N) is 2. The predicted octanol–water partition coefficient (Wildman–Crippen LogP) is 14.5. The van der Waals surface area contributed by atoms with Crippen LogP contribution in [0.25, 0.3) is 54.9 Å². The maximum absolute atomic E-state index is 6.48. The SMILES string of the molecule is Cc1ccccc1Cc1ccc(-c2ccc3ccccc3c2)cc1.NCc1cccc(-c2cccc(CNC(c3ccc(-c4ccc5ccccc5c4)cc3)c3ccccc3N)c2)c1. The second kappa shape index (κ2) is 19.7. The highest BCUT2D eigenvalue weighted by molar-refractivity contribution is 5.88. The van der Waals surface area contributed by atoms with Crippen LogP contribution in [0.3, 0.4) is 0 Å². The number of nitrogens with one attached hydrogen (secondary N) is 1. The van der Waals surface area contributed by atoms with E-state index >= 15 is 0 Å². The lowest BCUT2D eigenvalue weighted by Gasteiger charge is -2.22. The molecular weight excluding hydrogens is 775 g/mol. The molecule has 1 atom stereocenters. The molecule has 312 valence electrons. The molecule has 0 aliphatic carbocycles. The fourth-order valence-corrected chi connectivity index (χ4v) is 8.59. The Bertz CT molecular complexity index is 3150. The van der Waals surface area contributed by atoms with Gasteiger partial charge in [0.05, 0.1) is 6.04 Å². The van der Waals surface area contributed by atoms with Crippen LogP contribution in [-0.4, -0.2) is 0 Å². The van der Waals surface area contributed by atoms with Crippen LogP contribution in [0.5, 0.6) is 0 Å². The summed E-state index contributed by atoms with van der Waals surface area (Å²) >= 11 is 0. The van der Waals surface area contributed by atoms with E-state index in [4.69, 9.17) is 11.5 Å². The van der Waals surface area contributed by atoms with Crippen molar-refractivity contribution in [3.05, 3.63) is 269 Å². The zero-order valence-electron chi connectivity index (χ0n) is 36.3. The lowest BCUT2D eigenvalue weighted by Crippen LogP contribution is -2.23. The average molecular weight is 828 g/mol. The summed E-state index contributed by atoms with van der Waals surface area (Å²) in [5.41, 5.74) is 29.2. The molecule has 10 aromatic rings. The molecule has 0 aliphatic heterocycles. The smallest absolute Gasteiger partial charge is 0.0599 e. The molecule has 0 aromatic heterocycles. The van der Waals surface area contributed by atoms with Gasteiger partial charge in [0.1, 0.15) is 0 Å². The summed E-state index contributed by atoms with van der Waals surface area (Å²) in [4.78, 5) is 0. The number of para-hydroxylation sites is 1. The van der Waals surface area contributed by atoms with Crippen molar-refractivity contribution in [2.75, 3.05) is 5.73 Å². The van der Waals surface area contributed by atoms with Crippen LogP contribution < -0.4 is 16.8 Å². The lowest BCUT2D eigenvalue weighted by molar-refractivity contribution is 0.607. The third-order valence-electron chi connectivity index (χ3n) is 12.3. The Morgan fingerprint density at radius 1 is 0.406 bits per heavy atom. The Morgan fingerprint density at radius 2 is 0.906 bits per heavy atom. The first kappa shape index (κ1) is 41.8. The fourth-order valence-electron chi connectivity index (χ4n) is 8.59. The first-order valence-electron chi connectivity index (χ1n) is 22.2. The van der Waals surface area contributed by atoms with Crippen molar-refractivity contribution in [1.29, 1.82) is 0 Å². The topological polar surface area (TPSA) is 64.1 Å². The summed E-state index contributed by atoms with van der Waals surface area (Å²) in [7, 11) is 0. The Kier molecular flexibility index (Phi) is 12.8. The zero-order chi connectivity index (χ0) is 43.7. The molecule has 1 unspecified atom stereocenters. The summed E-state index contributed by atoms with van der Waals surface area (Å²) in [6.45, 7) is 3.42. The summed E-state index contributed by atoms with van der Waals surface area (Å²) in [5.74, 6) is 0. The molecule has 0 radical (unpaired) electrons. The first-order chi connectivity index (χ1) is 31.5.